The first-order valence-electron chi connectivity index (χ1n) is 4.55. The van der Waals surface area contributed by atoms with Crippen LogP contribution < -0.4 is 5.32 Å². The van der Waals surface area contributed by atoms with E-state index >= 15 is 0 Å². The molecule has 0 amide bonds. The van der Waals surface area contributed by atoms with Gasteiger partial charge in [-0.05, 0) is 20.3 Å². The Balaban J connectivity index is 2.52. The number of nitrogens with one attached hydrogen (secondary N) is 1. The van der Waals surface area contributed by atoms with Crippen molar-refractivity contribution in [1.29, 1.82) is 0 Å². The minimum atomic E-state index is 0.527. The third-order valence-corrected chi connectivity index (χ3v) is 1.98. The SMILES string of the molecule is CC[C@H](C)Nc1cnn(CC)c1. The van der Waals surface area contributed by atoms with Gasteiger partial charge < -0.3 is 5.32 Å². The summed E-state index contributed by atoms with van der Waals surface area (Å²) in [5.74, 6) is 0. The summed E-state index contributed by atoms with van der Waals surface area (Å²) < 4.78 is 1.92. The predicted octanol–water partition coefficient (Wildman–Crippen LogP) is 2.11. The maximum Gasteiger partial charge on any atom is 0.0728 e. The first-order chi connectivity index (χ1) is 5.76. The van der Waals surface area contributed by atoms with Gasteiger partial charge in [0.2, 0.25) is 0 Å². The number of rotatable bonds is 4. The molecule has 0 aliphatic rings. The van der Waals surface area contributed by atoms with Crippen LogP contribution in [-0.2, 0) is 6.54 Å². The molecule has 1 aromatic rings. The Kier molecular flexibility index (Phi) is 3.14. The largest absolute Gasteiger partial charge is 0.380 e. The fourth-order valence-electron chi connectivity index (χ4n) is 0.998. The molecule has 0 unspecified atom stereocenters. The van der Waals surface area contributed by atoms with Gasteiger partial charge in [0.25, 0.3) is 0 Å². The molecule has 1 atom stereocenters. The molecule has 0 bridgehead atoms. The fourth-order valence-corrected chi connectivity index (χ4v) is 0.998. The molecule has 0 aliphatic carbocycles. The van der Waals surface area contributed by atoms with Crippen LogP contribution in [0.4, 0.5) is 5.69 Å². The van der Waals surface area contributed by atoms with Crippen molar-refractivity contribution < 1.29 is 0 Å². The second kappa shape index (κ2) is 4.14. The van der Waals surface area contributed by atoms with Crippen molar-refractivity contribution in [3.8, 4) is 0 Å². The molecule has 3 heteroatoms. The lowest BCUT2D eigenvalue weighted by atomic mass is 10.2. The van der Waals surface area contributed by atoms with Gasteiger partial charge in [0, 0.05) is 18.8 Å². The van der Waals surface area contributed by atoms with Gasteiger partial charge in [0.05, 0.1) is 11.9 Å². The number of anilines is 1. The first-order valence-corrected chi connectivity index (χ1v) is 4.55. The van der Waals surface area contributed by atoms with E-state index in [-0.39, 0.29) is 0 Å². The molecule has 1 rings (SSSR count). The number of nitrogens with zero attached hydrogens (tertiary/aromatic N) is 2. The minimum Gasteiger partial charge on any atom is -0.380 e. The highest BCUT2D eigenvalue weighted by molar-refractivity contribution is 5.38. The summed E-state index contributed by atoms with van der Waals surface area (Å²) >= 11 is 0. The molecule has 3 nitrogen and oxygen atoms in total. The Morgan fingerprint density at radius 1 is 1.58 bits per heavy atom. The van der Waals surface area contributed by atoms with Gasteiger partial charge in [-0.1, -0.05) is 6.92 Å². The maximum atomic E-state index is 4.18. The van der Waals surface area contributed by atoms with Crippen molar-refractivity contribution in [1.82, 2.24) is 9.78 Å². The summed E-state index contributed by atoms with van der Waals surface area (Å²) in [4.78, 5) is 0. The van der Waals surface area contributed by atoms with Crippen molar-refractivity contribution in [3.05, 3.63) is 12.4 Å². The highest BCUT2D eigenvalue weighted by Crippen LogP contribution is 2.07. The van der Waals surface area contributed by atoms with E-state index < -0.39 is 0 Å². The highest BCUT2D eigenvalue weighted by Gasteiger charge is 2.00. The lowest BCUT2D eigenvalue weighted by Gasteiger charge is -2.09. The van der Waals surface area contributed by atoms with Crippen molar-refractivity contribution in [2.75, 3.05) is 5.32 Å². The first kappa shape index (κ1) is 9.10. The van der Waals surface area contributed by atoms with E-state index in [1.54, 1.807) is 0 Å². The molecule has 68 valence electrons. The van der Waals surface area contributed by atoms with E-state index in [0.717, 1.165) is 18.7 Å². The summed E-state index contributed by atoms with van der Waals surface area (Å²) in [5.41, 5.74) is 1.12. The Morgan fingerprint density at radius 2 is 2.33 bits per heavy atom. The third-order valence-electron chi connectivity index (χ3n) is 1.98. The molecule has 0 saturated heterocycles. The fraction of sp³-hybridized carbons (Fsp3) is 0.667. The van der Waals surface area contributed by atoms with Gasteiger partial charge in [-0.2, -0.15) is 5.10 Å². The van der Waals surface area contributed by atoms with Crippen LogP contribution in [0.5, 0.6) is 0 Å². The Bertz CT molecular complexity index is 229. The van der Waals surface area contributed by atoms with Crippen LogP contribution in [0.25, 0.3) is 0 Å². The molecule has 0 spiro atoms. The highest BCUT2D eigenvalue weighted by atomic mass is 15.3. The molecule has 1 N–H and O–H groups in total. The van der Waals surface area contributed by atoms with Crippen molar-refractivity contribution in [2.45, 2.75) is 39.8 Å². The molecule has 0 fully saturated rings. The van der Waals surface area contributed by atoms with E-state index in [4.69, 9.17) is 0 Å². The van der Waals surface area contributed by atoms with Crippen molar-refractivity contribution in [3.63, 3.8) is 0 Å². The molecule has 12 heavy (non-hydrogen) atoms. The maximum absolute atomic E-state index is 4.18. The standard InChI is InChI=1S/C9H17N3/c1-4-8(3)11-9-6-10-12(5-2)7-9/h6-8,11H,4-5H2,1-3H3/t8-/m0/s1. The smallest absolute Gasteiger partial charge is 0.0728 e. The van der Waals surface area contributed by atoms with Gasteiger partial charge in [0.15, 0.2) is 0 Å². The summed E-state index contributed by atoms with van der Waals surface area (Å²) in [6.07, 6.45) is 5.04. The number of hydrogen-bond donors (Lipinski definition) is 1. The summed E-state index contributed by atoms with van der Waals surface area (Å²) in [5, 5.41) is 7.54. The molecular weight excluding hydrogens is 150 g/mol. The average molecular weight is 167 g/mol. The predicted molar refractivity (Wildman–Crippen MR) is 51.3 cm³/mol. The summed E-state index contributed by atoms with van der Waals surface area (Å²) in [6.45, 7) is 7.35. The number of hydrogen-bond acceptors (Lipinski definition) is 2. The molecule has 1 heterocycles. The van der Waals surface area contributed by atoms with Crippen LogP contribution in [0.15, 0.2) is 12.4 Å². The van der Waals surface area contributed by atoms with Crippen LogP contribution in [0.2, 0.25) is 0 Å². The zero-order valence-corrected chi connectivity index (χ0v) is 8.04. The van der Waals surface area contributed by atoms with Gasteiger partial charge in [-0.15, -0.1) is 0 Å². The van der Waals surface area contributed by atoms with E-state index in [1.165, 1.54) is 0 Å². The van der Waals surface area contributed by atoms with E-state index in [1.807, 2.05) is 17.1 Å². The Labute approximate surface area is 73.8 Å². The van der Waals surface area contributed by atoms with Crippen LogP contribution in [-0.4, -0.2) is 15.8 Å². The number of aromatic nitrogens is 2. The van der Waals surface area contributed by atoms with Crippen LogP contribution in [0.3, 0.4) is 0 Å². The second-order valence-corrected chi connectivity index (χ2v) is 3.04. The number of aryl methyl sites for hydroxylation is 1. The lowest BCUT2D eigenvalue weighted by Crippen LogP contribution is -2.12. The quantitative estimate of drug-likeness (QED) is 0.744. The molecular formula is C9H17N3. The van der Waals surface area contributed by atoms with Crippen molar-refractivity contribution in [2.24, 2.45) is 0 Å². The van der Waals surface area contributed by atoms with Gasteiger partial charge in [0.1, 0.15) is 0 Å². The van der Waals surface area contributed by atoms with Crippen molar-refractivity contribution >= 4 is 5.69 Å². The van der Waals surface area contributed by atoms with Crippen LogP contribution in [0, 0.1) is 0 Å². The van der Waals surface area contributed by atoms with Crippen LogP contribution >= 0.6 is 0 Å². The van der Waals surface area contributed by atoms with Gasteiger partial charge in [-0.25, -0.2) is 0 Å². The van der Waals surface area contributed by atoms with E-state index in [9.17, 15) is 0 Å². The monoisotopic (exact) mass is 167 g/mol. The normalized spacial score (nSPS) is 12.9. The summed E-state index contributed by atoms with van der Waals surface area (Å²) in [6, 6.07) is 0.527. The topological polar surface area (TPSA) is 29.9 Å². The molecule has 0 saturated carbocycles. The van der Waals surface area contributed by atoms with Gasteiger partial charge >= 0.3 is 0 Å². The van der Waals surface area contributed by atoms with Gasteiger partial charge in [-0.3, -0.25) is 4.68 Å². The molecule has 0 aliphatic heterocycles. The summed E-state index contributed by atoms with van der Waals surface area (Å²) in [7, 11) is 0. The van der Waals surface area contributed by atoms with Crippen LogP contribution in [0.1, 0.15) is 27.2 Å². The second-order valence-electron chi connectivity index (χ2n) is 3.04. The zero-order chi connectivity index (χ0) is 8.97. The Hall–Kier alpha value is -0.990. The average Bonchev–Trinajstić information content (AvgIpc) is 2.52. The molecule has 1 aromatic heterocycles. The zero-order valence-electron chi connectivity index (χ0n) is 8.04. The molecule has 0 radical (unpaired) electrons. The van der Waals surface area contributed by atoms with E-state index in [2.05, 4.69) is 31.2 Å². The minimum absolute atomic E-state index is 0.527. The molecule has 0 aromatic carbocycles. The Morgan fingerprint density at radius 3 is 2.83 bits per heavy atom. The third kappa shape index (κ3) is 2.26. The lowest BCUT2D eigenvalue weighted by molar-refractivity contribution is 0.659. The van der Waals surface area contributed by atoms with E-state index in [0.29, 0.717) is 6.04 Å².